The summed E-state index contributed by atoms with van der Waals surface area (Å²) in [5.41, 5.74) is 0.824. The third kappa shape index (κ3) is 4.81. The normalized spacial score (nSPS) is 16.5. The van der Waals surface area contributed by atoms with Gasteiger partial charge in [-0.15, -0.1) is 0 Å². The Labute approximate surface area is 126 Å². The van der Waals surface area contributed by atoms with E-state index in [1.807, 2.05) is 6.07 Å². The Morgan fingerprint density at radius 3 is 2.43 bits per heavy atom. The van der Waals surface area contributed by atoms with Gasteiger partial charge in [0, 0.05) is 13.1 Å². The van der Waals surface area contributed by atoms with Gasteiger partial charge in [-0.25, -0.2) is 13.1 Å². The van der Waals surface area contributed by atoms with Crippen LogP contribution in [0.15, 0.2) is 29.2 Å². The fraction of sp³-hybridized carbons (Fsp3) is 0.533. The van der Waals surface area contributed by atoms with Crippen LogP contribution in [0.25, 0.3) is 0 Å². The molecule has 1 aromatic rings. The minimum Gasteiger partial charge on any atom is -0.302 e. The van der Waals surface area contributed by atoms with Crippen molar-refractivity contribution in [3.8, 4) is 6.07 Å². The van der Waals surface area contributed by atoms with Crippen molar-refractivity contribution in [2.24, 2.45) is 0 Å². The number of hydrogen-bond acceptors (Lipinski definition) is 4. The van der Waals surface area contributed by atoms with E-state index in [-0.39, 0.29) is 4.90 Å². The zero-order valence-corrected chi connectivity index (χ0v) is 12.9. The molecule has 6 heteroatoms. The SMILES string of the molecule is N#CCc1ccc(S(=O)(=O)NCCN2CCCCC2)cc1. The summed E-state index contributed by atoms with van der Waals surface area (Å²) in [6.07, 6.45) is 3.97. The molecule has 5 nitrogen and oxygen atoms in total. The predicted octanol–water partition coefficient (Wildman–Crippen LogP) is 1.52. The first kappa shape index (κ1) is 16.0. The Hall–Kier alpha value is -1.42. The first-order valence-corrected chi connectivity index (χ1v) is 8.78. The molecule has 0 radical (unpaired) electrons. The summed E-state index contributed by atoms with van der Waals surface area (Å²) in [5, 5.41) is 8.60. The highest BCUT2D eigenvalue weighted by Gasteiger charge is 2.15. The maximum Gasteiger partial charge on any atom is 0.240 e. The van der Waals surface area contributed by atoms with Crippen molar-refractivity contribution >= 4 is 10.0 Å². The number of nitrogens with zero attached hydrogens (tertiary/aromatic N) is 2. The molecular weight excluding hydrogens is 286 g/mol. The highest BCUT2D eigenvalue weighted by atomic mass is 32.2. The topological polar surface area (TPSA) is 73.2 Å². The van der Waals surface area contributed by atoms with E-state index in [2.05, 4.69) is 9.62 Å². The molecule has 0 amide bonds. The summed E-state index contributed by atoms with van der Waals surface area (Å²) in [5.74, 6) is 0. The van der Waals surface area contributed by atoms with E-state index in [0.29, 0.717) is 13.0 Å². The third-order valence-corrected chi connectivity index (χ3v) is 5.16. The summed E-state index contributed by atoms with van der Waals surface area (Å²) in [7, 11) is -3.45. The van der Waals surface area contributed by atoms with Gasteiger partial charge in [0.15, 0.2) is 0 Å². The molecule has 0 aliphatic carbocycles. The summed E-state index contributed by atoms with van der Waals surface area (Å²) in [6.45, 7) is 3.31. The van der Waals surface area contributed by atoms with E-state index in [1.165, 1.54) is 19.3 Å². The van der Waals surface area contributed by atoms with E-state index in [0.717, 1.165) is 25.2 Å². The van der Waals surface area contributed by atoms with Gasteiger partial charge in [-0.3, -0.25) is 0 Å². The van der Waals surface area contributed by atoms with Gasteiger partial charge >= 0.3 is 0 Å². The second-order valence-electron chi connectivity index (χ2n) is 5.28. The fourth-order valence-corrected chi connectivity index (χ4v) is 3.50. The van der Waals surface area contributed by atoms with Crippen LogP contribution in [-0.4, -0.2) is 39.5 Å². The molecule has 0 spiro atoms. The number of nitrogens with one attached hydrogen (secondary N) is 1. The van der Waals surface area contributed by atoms with Gasteiger partial charge in [0.1, 0.15) is 0 Å². The number of nitriles is 1. The third-order valence-electron chi connectivity index (χ3n) is 3.69. The molecule has 1 heterocycles. The fourth-order valence-electron chi connectivity index (χ4n) is 2.48. The molecule has 21 heavy (non-hydrogen) atoms. The summed E-state index contributed by atoms with van der Waals surface area (Å²) in [4.78, 5) is 2.55. The van der Waals surface area contributed by atoms with Gasteiger partial charge in [0.25, 0.3) is 0 Å². The van der Waals surface area contributed by atoms with Crippen molar-refractivity contribution in [1.29, 1.82) is 5.26 Å². The van der Waals surface area contributed by atoms with Crippen LogP contribution >= 0.6 is 0 Å². The lowest BCUT2D eigenvalue weighted by Crippen LogP contribution is -2.37. The number of rotatable bonds is 6. The molecule has 1 fully saturated rings. The molecule has 0 saturated carbocycles. The van der Waals surface area contributed by atoms with E-state index >= 15 is 0 Å². The minimum absolute atomic E-state index is 0.253. The van der Waals surface area contributed by atoms with Crippen LogP contribution in [0, 0.1) is 11.3 Å². The van der Waals surface area contributed by atoms with E-state index < -0.39 is 10.0 Å². The summed E-state index contributed by atoms with van der Waals surface area (Å²) < 4.78 is 26.9. The summed E-state index contributed by atoms with van der Waals surface area (Å²) in [6, 6.07) is 8.51. The lowest BCUT2D eigenvalue weighted by Gasteiger charge is -2.26. The Morgan fingerprint density at radius 2 is 1.81 bits per heavy atom. The van der Waals surface area contributed by atoms with Gasteiger partial charge < -0.3 is 4.90 Å². The van der Waals surface area contributed by atoms with Crippen LogP contribution in [-0.2, 0) is 16.4 Å². The number of benzene rings is 1. The van der Waals surface area contributed by atoms with Crippen molar-refractivity contribution in [2.45, 2.75) is 30.6 Å². The molecule has 1 saturated heterocycles. The quantitative estimate of drug-likeness (QED) is 0.865. The van der Waals surface area contributed by atoms with Gasteiger partial charge in [-0.2, -0.15) is 5.26 Å². The Bertz CT molecular complexity index is 584. The Morgan fingerprint density at radius 1 is 1.14 bits per heavy atom. The molecule has 114 valence electrons. The second-order valence-corrected chi connectivity index (χ2v) is 7.05. The van der Waals surface area contributed by atoms with Crippen molar-refractivity contribution in [1.82, 2.24) is 9.62 Å². The van der Waals surface area contributed by atoms with Crippen LogP contribution in [0.5, 0.6) is 0 Å². The maximum atomic E-state index is 12.1. The first-order valence-electron chi connectivity index (χ1n) is 7.30. The van der Waals surface area contributed by atoms with Crippen molar-refractivity contribution in [3.05, 3.63) is 29.8 Å². The summed E-state index contributed by atoms with van der Waals surface area (Å²) >= 11 is 0. The average Bonchev–Trinajstić information content (AvgIpc) is 2.49. The molecule has 1 aliphatic heterocycles. The zero-order valence-electron chi connectivity index (χ0n) is 12.1. The first-order chi connectivity index (χ1) is 10.1. The van der Waals surface area contributed by atoms with E-state index in [1.54, 1.807) is 24.3 Å². The molecule has 0 bridgehead atoms. The van der Waals surface area contributed by atoms with Crippen molar-refractivity contribution in [3.63, 3.8) is 0 Å². The monoisotopic (exact) mass is 307 g/mol. The molecular formula is C15H21N3O2S. The van der Waals surface area contributed by atoms with Gasteiger partial charge in [-0.05, 0) is 43.6 Å². The highest BCUT2D eigenvalue weighted by Crippen LogP contribution is 2.11. The maximum absolute atomic E-state index is 12.1. The lowest BCUT2D eigenvalue weighted by molar-refractivity contribution is 0.233. The molecule has 1 aromatic carbocycles. The largest absolute Gasteiger partial charge is 0.302 e. The van der Waals surface area contributed by atoms with Gasteiger partial charge in [-0.1, -0.05) is 18.6 Å². The predicted molar refractivity (Wildman–Crippen MR) is 81.2 cm³/mol. The molecule has 0 atom stereocenters. The molecule has 0 aromatic heterocycles. The Balaban J connectivity index is 1.87. The van der Waals surface area contributed by atoms with Crippen LogP contribution in [0.2, 0.25) is 0 Å². The average molecular weight is 307 g/mol. The van der Waals surface area contributed by atoms with Crippen molar-refractivity contribution < 1.29 is 8.42 Å². The van der Waals surface area contributed by atoms with Crippen LogP contribution < -0.4 is 4.72 Å². The van der Waals surface area contributed by atoms with Gasteiger partial charge in [0.2, 0.25) is 10.0 Å². The molecule has 2 rings (SSSR count). The van der Waals surface area contributed by atoms with E-state index in [4.69, 9.17) is 5.26 Å². The number of likely N-dealkylation sites (tertiary alicyclic amines) is 1. The zero-order chi connectivity index (χ0) is 15.1. The number of piperidine rings is 1. The van der Waals surface area contributed by atoms with Crippen LogP contribution in [0.1, 0.15) is 24.8 Å². The van der Waals surface area contributed by atoms with Crippen LogP contribution in [0.3, 0.4) is 0 Å². The van der Waals surface area contributed by atoms with Crippen LogP contribution in [0.4, 0.5) is 0 Å². The number of hydrogen-bond donors (Lipinski definition) is 1. The Kier molecular flexibility index (Phi) is 5.74. The molecule has 1 N–H and O–H groups in total. The van der Waals surface area contributed by atoms with E-state index in [9.17, 15) is 8.42 Å². The lowest BCUT2D eigenvalue weighted by atomic mass is 10.1. The van der Waals surface area contributed by atoms with Crippen molar-refractivity contribution in [2.75, 3.05) is 26.2 Å². The van der Waals surface area contributed by atoms with Gasteiger partial charge in [0.05, 0.1) is 17.4 Å². The smallest absolute Gasteiger partial charge is 0.240 e. The standard InChI is InChI=1S/C15H21N3O2S/c16-9-8-14-4-6-15(7-5-14)21(19,20)17-10-13-18-11-2-1-3-12-18/h4-7,17H,1-3,8,10-13H2. The number of sulfonamides is 1. The molecule has 0 unspecified atom stereocenters. The highest BCUT2D eigenvalue weighted by molar-refractivity contribution is 7.89. The minimum atomic E-state index is -3.45. The molecule has 1 aliphatic rings. The second kappa shape index (κ2) is 7.55.